The molecule has 1 amide bonds. The van der Waals surface area contributed by atoms with Crippen LogP contribution in [-0.2, 0) is 11.2 Å². The summed E-state index contributed by atoms with van der Waals surface area (Å²) in [6, 6.07) is 15.6. The fourth-order valence-electron chi connectivity index (χ4n) is 4.89. The third-order valence-corrected chi connectivity index (χ3v) is 6.53. The summed E-state index contributed by atoms with van der Waals surface area (Å²) in [5.41, 5.74) is 4.76. The van der Waals surface area contributed by atoms with Crippen molar-refractivity contribution < 1.29 is 14.1 Å². The number of likely N-dealkylation sites (tertiary alicyclic amines) is 1. The number of fused-ring (bicyclic) bond motifs is 1. The molecule has 1 aromatic heterocycles. The number of benzene rings is 2. The van der Waals surface area contributed by atoms with E-state index >= 15 is 0 Å². The molecule has 0 radical (unpaired) electrons. The number of nitrogens with one attached hydrogen (secondary N) is 1. The molecule has 0 saturated carbocycles. The molecule has 0 spiro atoms. The maximum absolute atomic E-state index is 13.1. The summed E-state index contributed by atoms with van der Waals surface area (Å²) >= 11 is 0. The molecule has 1 N–H and O–H groups in total. The lowest BCUT2D eigenvalue weighted by atomic mass is 10.0. The van der Waals surface area contributed by atoms with Gasteiger partial charge in [-0.05, 0) is 47.9 Å². The number of carbonyl (C=O) groups is 1. The topological polar surface area (TPSA) is 51.2 Å². The number of aryl methyl sites for hydroxylation is 1. The van der Waals surface area contributed by atoms with E-state index in [0.717, 1.165) is 50.0 Å². The van der Waals surface area contributed by atoms with Crippen molar-refractivity contribution in [1.29, 1.82) is 0 Å². The van der Waals surface area contributed by atoms with Crippen LogP contribution >= 0.6 is 0 Å². The molecule has 158 valence electrons. The number of rotatable bonds is 5. The molecule has 2 aliphatic heterocycles. The predicted octanol–water partition coefficient (Wildman–Crippen LogP) is 2.79. The number of halogens is 1. The number of quaternary nitrogens is 1. The van der Waals surface area contributed by atoms with Gasteiger partial charge in [-0.2, -0.15) is 0 Å². The molecular weight excluding hydrogens is 391 g/mol. The van der Waals surface area contributed by atoms with E-state index < -0.39 is 0 Å². The predicted molar refractivity (Wildman–Crippen MR) is 120 cm³/mol. The largest absolute Gasteiger partial charge is 0.373 e. The molecule has 31 heavy (non-hydrogen) atoms. The molecule has 5 nitrogen and oxygen atoms in total. The fourth-order valence-corrected chi connectivity index (χ4v) is 4.89. The zero-order valence-corrected chi connectivity index (χ0v) is 17.6. The zero-order chi connectivity index (χ0) is 21.4. The van der Waals surface area contributed by atoms with Gasteiger partial charge in [0.15, 0.2) is 0 Å². The van der Waals surface area contributed by atoms with Crippen molar-refractivity contribution in [2.24, 2.45) is 9.98 Å². The average Bonchev–Trinajstić information content (AvgIpc) is 3.35. The Balaban J connectivity index is 1.29. The highest BCUT2D eigenvalue weighted by molar-refractivity contribution is 6.49. The molecule has 1 saturated heterocycles. The Kier molecular flexibility index (Phi) is 5.24. The molecule has 1 fully saturated rings. The van der Waals surface area contributed by atoms with Gasteiger partial charge < -0.3 is 24.2 Å². The van der Waals surface area contributed by atoms with Gasteiger partial charge >= 0.3 is 0 Å². The average molecular weight is 417 g/mol. The number of amides is 1. The highest BCUT2D eigenvalue weighted by Crippen LogP contribution is 2.29. The van der Waals surface area contributed by atoms with Crippen molar-refractivity contribution in [2.45, 2.75) is 32.2 Å². The third-order valence-electron chi connectivity index (χ3n) is 6.53. The summed E-state index contributed by atoms with van der Waals surface area (Å²) in [5, 5.41) is 1.18. The van der Waals surface area contributed by atoms with Crippen molar-refractivity contribution in [3.05, 3.63) is 71.2 Å². The Labute approximate surface area is 180 Å². The summed E-state index contributed by atoms with van der Waals surface area (Å²) in [5.74, 6) is -0.503. The van der Waals surface area contributed by atoms with Gasteiger partial charge in [-0.25, -0.2) is 4.39 Å². The Bertz CT molecular complexity index is 1180. The van der Waals surface area contributed by atoms with Crippen LogP contribution in [0.5, 0.6) is 0 Å². The normalized spacial score (nSPS) is 21.1. The fraction of sp³-hybridized carbons (Fsp3) is 0.320. The minimum atomic E-state index is -0.327. The molecule has 2 aromatic carbocycles. The molecule has 5 rings (SSSR count). The van der Waals surface area contributed by atoms with Crippen LogP contribution in [0.1, 0.15) is 35.7 Å². The first kappa shape index (κ1) is 19.8. The van der Waals surface area contributed by atoms with Gasteiger partial charge in [-0.15, -0.1) is 0 Å². The van der Waals surface area contributed by atoms with Crippen LogP contribution in [0.3, 0.4) is 0 Å². The van der Waals surface area contributed by atoms with Crippen molar-refractivity contribution in [3.8, 4) is 0 Å². The maximum atomic E-state index is 13.1. The minimum Gasteiger partial charge on any atom is -0.373 e. The maximum Gasteiger partial charge on any atom is 0.136 e. The lowest BCUT2D eigenvalue weighted by molar-refractivity contribution is -0.905. The Morgan fingerprint density at radius 1 is 1.13 bits per heavy atom. The van der Waals surface area contributed by atoms with Gasteiger partial charge in [0.25, 0.3) is 0 Å². The van der Waals surface area contributed by atoms with Crippen LogP contribution < -0.4 is 4.90 Å². The summed E-state index contributed by atoms with van der Waals surface area (Å²) in [6.45, 7) is 5.48. The van der Waals surface area contributed by atoms with Crippen LogP contribution in [-0.4, -0.2) is 42.2 Å². The lowest BCUT2D eigenvalue weighted by Crippen LogP contribution is -3.13. The highest BCUT2D eigenvalue weighted by atomic mass is 19.1. The second-order valence-corrected chi connectivity index (χ2v) is 8.51. The van der Waals surface area contributed by atoms with Gasteiger partial charge in [0.2, 0.25) is 0 Å². The quantitative estimate of drug-likeness (QED) is 0.639. The van der Waals surface area contributed by atoms with Crippen LogP contribution in [0, 0.1) is 12.7 Å². The molecule has 6 heteroatoms. The van der Waals surface area contributed by atoms with Crippen molar-refractivity contribution in [3.63, 3.8) is 0 Å². The summed E-state index contributed by atoms with van der Waals surface area (Å²) in [6.07, 6.45) is 5.63. The van der Waals surface area contributed by atoms with Crippen LogP contribution in [0.4, 0.5) is 4.39 Å². The molecule has 0 aliphatic carbocycles. The van der Waals surface area contributed by atoms with Crippen LogP contribution in [0.2, 0.25) is 0 Å². The van der Waals surface area contributed by atoms with Gasteiger partial charge in [0, 0.05) is 42.9 Å². The molecule has 3 heterocycles. The zero-order valence-electron chi connectivity index (χ0n) is 17.6. The van der Waals surface area contributed by atoms with E-state index in [-0.39, 0.29) is 11.7 Å². The first-order chi connectivity index (χ1) is 15.1. The second kappa shape index (κ2) is 8.19. The number of aliphatic imine (C=N–C) groups is 2. The van der Waals surface area contributed by atoms with Crippen molar-refractivity contribution in [2.75, 3.05) is 19.6 Å². The van der Waals surface area contributed by atoms with E-state index in [2.05, 4.69) is 46.0 Å². The highest BCUT2D eigenvalue weighted by Gasteiger charge is 2.25. The first-order valence-corrected chi connectivity index (χ1v) is 10.9. The molecule has 0 atom stereocenters. The molecule has 2 aliphatic rings. The van der Waals surface area contributed by atoms with Gasteiger partial charge in [-0.3, -0.25) is 0 Å². The standard InChI is InChI=1S/C25H24FN4O/c1-17-14-19-4-5-20(24-25(31)28-16-27-24)15-23(19)30(17)22-9-12-29(13-10-22)11-8-18-2-6-21(26)7-3-18/h2-7,14-15,22H,8-13H2,1H3/q-1/p+1. The van der Waals surface area contributed by atoms with E-state index in [1.165, 1.54) is 16.6 Å². The SMILES string of the molecule is Cc1cc2ccc(C3=N[C-]=NC3=O)cc2n1C1CC[NH+](CCc2ccc(F)cc2)CC1. The van der Waals surface area contributed by atoms with Gasteiger partial charge in [-0.1, -0.05) is 29.8 Å². The first-order valence-electron chi connectivity index (χ1n) is 10.9. The minimum absolute atomic E-state index is 0.176. The number of hydrogen-bond acceptors (Lipinski definition) is 2. The molecule has 0 unspecified atom stereocenters. The molecule has 3 aromatic rings. The molecular formula is C25H25FN4O. The number of nitrogens with zero attached hydrogens (tertiary/aromatic N) is 3. The van der Waals surface area contributed by atoms with E-state index in [0.29, 0.717) is 11.8 Å². The Morgan fingerprint density at radius 2 is 1.90 bits per heavy atom. The van der Waals surface area contributed by atoms with E-state index in [9.17, 15) is 9.18 Å². The van der Waals surface area contributed by atoms with E-state index in [1.807, 2.05) is 18.2 Å². The number of aromatic nitrogens is 1. The van der Waals surface area contributed by atoms with Crippen molar-refractivity contribution >= 4 is 28.9 Å². The number of hydrogen-bond donors (Lipinski definition) is 1. The van der Waals surface area contributed by atoms with E-state index in [1.54, 1.807) is 17.0 Å². The van der Waals surface area contributed by atoms with Crippen molar-refractivity contribution in [1.82, 2.24) is 4.57 Å². The van der Waals surface area contributed by atoms with E-state index in [4.69, 9.17) is 0 Å². The van der Waals surface area contributed by atoms with Gasteiger partial charge in [0.1, 0.15) is 11.7 Å². The number of piperidine rings is 1. The lowest BCUT2D eigenvalue weighted by Gasteiger charge is -2.31. The summed E-state index contributed by atoms with van der Waals surface area (Å²) < 4.78 is 15.5. The summed E-state index contributed by atoms with van der Waals surface area (Å²) in [7, 11) is 0. The smallest absolute Gasteiger partial charge is 0.136 e. The van der Waals surface area contributed by atoms with Crippen LogP contribution in [0.25, 0.3) is 10.9 Å². The van der Waals surface area contributed by atoms with Gasteiger partial charge in [0.05, 0.1) is 19.6 Å². The number of carbonyl (C=O) groups excluding carboxylic acids is 1. The Morgan fingerprint density at radius 3 is 2.61 bits per heavy atom. The monoisotopic (exact) mass is 416 g/mol. The van der Waals surface area contributed by atoms with Crippen LogP contribution in [0.15, 0.2) is 58.5 Å². The Hall–Kier alpha value is -3.12. The second-order valence-electron chi connectivity index (χ2n) is 8.51. The molecule has 0 bridgehead atoms. The third kappa shape index (κ3) is 3.95. The summed E-state index contributed by atoms with van der Waals surface area (Å²) in [4.78, 5) is 21.2.